The first-order chi connectivity index (χ1) is 46.0. The molecule has 29 nitrogen and oxygen atoms in total. The van der Waals surface area contributed by atoms with Crippen LogP contribution in [-0.4, -0.2) is 225 Å². The summed E-state index contributed by atoms with van der Waals surface area (Å²) >= 11 is 2.23. The normalized spacial score (nSPS) is 19.6. The zero-order valence-corrected chi connectivity index (χ0v) is 57.0. The second kappa shape index (κ2) is 35.0. The van der Waals surface area contributed by atoms with E-state index in [1.165, 1.54) is 9.80 Å². The number of hydrogen-bond donors (Lipinski definition) is 7. The Labute approximate surface area is 573 Å². The number of nitrogens with zero attached hydrogens (tertiary/aromatic N) is 6. The number of aromatic amines is 1. The van der Waals surface area contributed by atoms with E-state index in [1.54, 1.807) is 124 Å². The number of aliphatic hydroxyl groups is 3. The minimum absolute atomic E-state index is 0.0598. The highest BCUT2D eigenvalue weighted by molar-refractivity contribution is 14.1. The summed E-state index contributed by atoms with van der Waals surface area (Å²) in [6.07, 6.45) is -2.95. The number of amides is 6. The maximum absolute atomic E-state index is 12.9. The number of nitrogens with two attached hydrogens (primary N) is 1. The van der Waals surface area contributed by atoms with Crippen molar-refractivity contribution in [1.29, 1.82) is 0 Å². The maximum Gasteiger partial charge on any atom is 0.439 e. The number of benzene rings is 4. The van der Waals surface area contributed by atoms with Crippen LogP contribution in [0.15, 0.2) is 106 Å². The molecule has 6 saturated heterocycles. The van der Waals surface area contributed by atoms with Gasteiger partial charge in [0.25, 0.3) is 35.4 Å². The van der Waals surface area contributed by atoms with Gasteiger partial charge in [-0.15, -0.1) is 0 Å². The number of aliphatic carboxylic acids is 1. The Morgan fingerprint density at radius 2 is 0.959 bits per heavy atom. The number of likely N-dealkylation sites (tertiary alicyclic amines) is 3. The van der Waals surface area contributed by atoms with Crippen LogP contribution in [0.5, 0.6) is 0 Å². The van der Waals surface area contributed by atoms with Gasteiger partial charge < -0.3 is 79.7 Å². The van der Waals surface area contributed by atoms with Gasteiger partial charge in [-0.05, 0) is 182 Å². The molecule has 6 aliphatic heterocycles. The lowest BCUT2D eigenvalue weighted by atomic mass is 10.1. The molecule has 1 aromatic heterocycles. The number of nitrogens with one attached hydrogen (secondary N) is 2. The average Bonchev–Trinajstić information content (AvgIpc) is 1.44. The Hall–Kier alpha value is -8.66. The van der Waals surface area contributed by atoms with Gasteiger partial charge in [-0.2, -0.15) is 0 Å². The van der Waals surface area contributed by atoms with E-state index in [4.69, 9.17) is 34.5 Å². The molecule has 0 aliphatic carbocycles. The van der Waals surface area contributed by atoms with Gasteiger partial charge >= 0.3 is 23.7 Å². The fourth-order valence-electron chi connectivity index (χ4n) is 10.6. The molecule has 8 N–H and O–H groups in total. The molecule has 6 fully saturated rings. The Kier molecular flexibility index (Phi) is 27.3. The zero-order chi connectivity index (χ0) is 70.7. The molecule has 524 valence electrons. The summed E-state index contributed by atoms with van der Waals surface area (Å²) in [6.45, 7) is 16.3. The number of carboxylic acids is 1. The number of carbonyl (C=O) groups is 9. The number of morpholine rings is 3. The number of aromatic nitrogens is 2. The molecular formula is C67H84IN9O20. The summed E-state index contributed by atoms with van der Waals surface area (Å²) in [6, 6.07) is 28.2. The molecule has 0 saturated carbocycles. The summed E-state index contributed by atoms with van der Waals surface area (Å²) in [7, 11) is 0. The predicted octanol–water partition coefficient (Wildman–Crippen LogP) is 3.80. The largest absolute Gasteiger partial charge is 0.479 e. The fourth-order valence-corrected chi connectivity index (χ4v) is 11.1. The van der Waals surface area contributed by atoms with Crippen LogP contribution in [-0.2, 0) is 52.5 Å². The molecule has 0 bridgehead atoms. The number of ether oxygens (including phenoxy) is 5. The molecule has 0 spiro atoms. The number of H-pyrrole nitrogens is 1. The number of hydrogen-bond acceptors (Lipinski definition) is 21. The summed E-state index contributed by atoms with van der Waals surface area (Å²) in [5.41, 5.74) is 8.25. The molecule has 6 amide bonds. The molecule has 5 aromatic rings. The Morgan fingerprint density at radius 3 is 1.35 bits per heavy atom. The molecule has 4 aromatic carbocycles. The van der Waals surface area contributed by atoms with Crippen LogP contribution in [0.1, 0.15) is 111 Å². The van der Waals surface area contributed by atoms with Gasteiger partial charge in [0, 0.05) is 102 Å². The topological polar surface area (TPSA) is 394 Å². The van der Waals surface area contributed by atoms with E-state index in [0.29, 0.717) is 40.6 Å². The number of anilines is 3. The summed E-state index contributed by atoms with van der Waals surface area (Å²) in [5, 5.41) is 44.5. The first-order valence-corrected chi connectivity index (χ1v) is 32.8. The SMILES string of the molecule is CC(C)(C)OC(=O)[C@H](O)[C@H]1OCCN(c2cccc(C(=O)N3CCCC3)c2)C1=O.CC(C)(C)OC(=O)[C@H](O)[C@H]1OCCNC1=O.Nc1ccc(-c2noc(=O)[nH]2)cc1.O=C(O)[C@H](O)[C@H]1OCCN(c2cccc(C(=O)N3CCCC3)c2)C1=O.O=C(c1cccc(I)c1)N1CCCC1. The van der Waals surface area contributed by atoms with Crippen molar-refractivity contribution < 1.29 is 91.8 Å². The first kappa shape index (κ1) is 75.7. The summed E-state index contributed by atoms with van der Waals surface area (Å²) < 4.78 is 31.1. The second-order valence-electron chi connectivity index (χ2n) is 25.1. The van der Waals surface area contributed by atoms with E-state index in [0.717, 1.165) is 92.5 Å². The van der Waals surface area contributed by atoms with Gasteiger partial charge in [0.2, 0.25) is 0 Å². The highest BCUT2D eigenvalue weighted by Crippen LogP contribution is 2.27. The number of aliphatic hydroxyl groups excluding tert-OH is 3. The van der Waals surface area contributed by atoms with Crippen molar-refractivity contribution in [2.75, 3.05) is 94.3 Å². The first-order valence-electron chi connectivity index (χ1n) is 31.7. The lowest BCUT2D eigenvalue weighted by molar-refractivity contribution is -0.178. The van der Waals surface area contributed by atoms with Crippen molar-refractivity contribution >= 4 is 93.0 Å². The predicted molar refractivity (Wildman–Crippen MR) is 359 cm³/mol. The molecular weight excluding hydrogens is 1380 g/mol. The van der Waals surface area contributed by atoms with Gasteiger partial charge in [0.15, 0.2) is 42.4 Å². The number of esters is 2. The Bertz CT molecular complexity index is 3610. The number of nitrogen functional groups attached to an aromatic ring is 1. The highest BCUT2D eigenvalue weighted by Gasteiger charge is 2.43. The number of halogens is 1. The third-order valence-corrected chi connectivity index (χ3v) is 16.0. The molecule has 11 rings (SSSR count). The fraction of sp³-hybridized carbons (Fsp3) is 0.478. The number of rotatable bonds is 12. The Morgan fingerprint density at radius 1 is 0.557 bits per heavy atom. The van der Waals surface area contributed by atoms with Crippen molar-refractivity contribution in [2.24, 2.45) is 0 Å². The monoisotopic (exact) mass is 1460 g/mol. The van der Waals surface area contributed by atoms with Gasteiger partial charge in [0.1, 0.15) is 11.2 Å². The zero-order valence-electron chi connectivity index (χ0n) is 54.9. The van der Waals surface area contributed by atoms with Crippen LogP contribution in [0.4, 0.5) is 17.1 Å². The van der Waals surface area contributed by atoms with E-state index in [-0.39, 0.29) is 50.6 Å². The second-order valence-corrected chi connectivity index (χ2v) is 26.3. The van der Waals surface area contributed by atoms with E-state index in [2.05, 4.69) is 42.6 Å². The molecule has 97 heavy (non-hydrogen) atoms. The molecule has 30 heteroatoms. The lowest BCUT2D eigenvalue weighted by Crippen LogP contribution is -2.55. The molecule has 0 unspecified atom stereocenters. The quantitative estimate of drug-likeness (QED) is 0.0530. The van der Waals surface area contributed by atoms with Crippen LogP contribution in [0, 0.1) is 3.57 Å². The van der Waals surface area contributed by atoms with Gasteiger partial charge in [-0.25, -0.2) is 19.2 Å². The standard InChI is InChI=1S/C21H28N2O6.C17H20N2O6.C11H12INO.C10H17NO5.C8H7N3O2/c1-21(2,3)29-20(27)16(24)17-19(26)23(11-12-28-17)15-8-6-7-14(13-15)18(25)22-9-4-5-10-22;20-13(17(23)24)14-16(22)19(8-9-25-14)12-5-3-4-11(10-12)15(21)18-6-1-2-7-18;12-10-5-3-4-9(8-10)11(14)13-6-1-2-7-13;1-10(2,3)16-9(14)6(12)7-8(13)11-4-5-15-7;9-6-3-1-5(2-4-6)7-10-8(12)13-11-7/h6-8,13,16-17,24H,4-5,9-12H2,1-3H3;3-5,10,13-14,20H,1-2,6-9H2,(H,23,24);3-5,8H,1-2,6-7H2;6-7,12H,4-5H2,1-3H3,(H,11,13);1-4H,9H2,(H,10,11,12)/t16-,17-;13-,14-;;6-,7-;/m11.1./s1. The Balaban J connectivity index is 0.000000177. The third-order valence-electron chi connectivity index (χ3n) is 15.3. The number of carboxylic acid groups (broad SMARTS) is 1. The van der Waals surface area contributed by atoms with E-state index < -0.39 is 89.2 Å². The van der Waals surface area contributed by atoms with Gasteiger partial charge in [0.05, 0.1) is 19.8 Å². The summed E-state index contributed by atoms with van der Waals surface area (Å²) in [4.78, 5) is 130. The van der Waals surface area contributed by atoms with Crippen molar-refractivity contribution in [3.05, 3.63) is 128 Å². The van der Waals surface area contributed by atoms with Crippen LogP contribution in [0.2, 0.25) is 0 Å². The third kappa shape index (κ3) is 21.9. The van der Waals surface area contributed by atoms with E-state index >= 15 is 0 Å². The smallest absolute Gasteiger partial charge is 0.439 e. The maximum atomic E-state index is 12.9. The van der Waals surface area contributed by atoms with Crippen molar-refractivity contribution in [1.82, 2.24) is 30.2 Å². The highest BCUT2D eigenvalue weighted by atomic mass is 127. The minimum Gasteiger partial charge on any atom is -0.479 e. The summed E-state index contributed by atoms with van der Waals surface area (Å²) in [5.74, 6) is -5.06. The van der Waals surface area contributed by atoms with Crippen LogP contribution >= 0.6 is 22.6 Å². The van der Waals surface area contributed by atoms with Gasteiger partial charge in [-0.3, -0.25) is 38.3 Å². The van der Waals surface area contributed by atoms with Crippen molar-refractivity contribution in [2.45, 2.75) is 128 Å². The van der Waals surface area contributed by atoms with Crippen molar-refractivity contribution in [3.8, 4) is 11.4 Å². The van der Waals surface area contributed by atoms with Crippen LogP contribution in [0.3, 0.4) is 0 Å². The van der Waals surface area contributed by atoms with Crippen LogP contribution < -0.4 is 26.6 Å². The minimum atomic E-state index is -1.93. The average molecular weight is 1460 g/mol. The van der Waals surface area contributed by atoms with E-state index in [9.17, 15) is 63.3 Å². The van der Waals surface area contributed by atoms with Crippen LogP contribution in [0.25, 0.3) is 11.4 Å². The number of carbonyl (C=O) groups excluding carboxylic acids is 8. The lowest BCUT2D eigenvalue weighted by Gasteiger charge is -2.34. The van der Waals surface area contributed by atoms with E-state index in [1.807, 2.05) is 29.2 Å². The molecule has 6 aliphatic rings. The molecule has 7 heterocycles. The van der Waals surface area contributed by atoms with Crippen molar-refractivity contribution in [3.63, 3.8) is 0 Å². The van der Waals surface area contributed by atoms with Gasteiger partial charge in [-0.1, -0.05) is 23.4 Å². The molecule has 6 atom stereocenters. The molecule has 0 radical (unpaired) electrons.